The number of rotatable bonds is 16. The van der Waals surface area contributed by atoms with Gasteiger partial charge in [-0.3, -0.25) is 38.7 Å². The number of hydrogen-bond acceptors (Lipinski definition) is 9. The van der Waals surface area contributed by atoms with Gasteiger partial charge >= 0.3 is 29.8 Å². The first kappa shape index (κ1) is 25.2. The molecule has 0 amide bonds. The summed E-state index contributed by atoms with van der Waals surface area (Å²) in [5.74, 6) is -6.46. The van der Waals surface area contributed by atoms with Crippen molar-refractivity contribution in [3.05, 3.63) is 0 Å². The fourth-order valence-electron chi connectivity index (χ4n) is 3.25. The topological polar surface area (TPSA) is 216 Å². The third-order valence-electron chi connectivity index (χ3n) is 4.60. The van der Waals surface area contributed by atoms with Gasteiger partial charge in [-0.15, -0.1) is 0 Å². The van der Waals surface area contributed by atoms with Crippen LogP contribution in [0.1, 0.15) is 6.42 Å². The molecule has 30 heavy (non-hydrogen) atoms. The molecular formula is C16H25N3O11. The molecule has 14 nitrogen and oxygen atoms in total. The highest BCUT2D eigenvalue weighted by Gasteiger charge is 2.59. The molecule has 2 atom stereocenters. The van der Waals surface area contributed by atoms with Gasteiger partial charge in [-0.2, -0.15) is 0 Å². The monoisotopic (exact) mass is 435 g/mol. The molecule has 0 radical (unpaired) electrons. The Morgan fingerprint density at radius 3 is 1.33 bits per heavy atom. The zero-order valence-corrected chi connectivity index (χ0v) is 16.0. The van der Waals surface area contributed by atoms with Crippen LogP contribution in [-0.4, -0.2) is 139 Å². The van der Waals surface area contributed by atoms with Crippen molar-refractivity contribution in [3.8, 4) is 0 Å². The predicted octanol–water partition coefficient (Wildman–Crippen LogP) is -3.18. The molecule has 0 aromatic rings. The van der Waals surface area contributed by atoms with Crippen LogP contribution < -0.4 is 0 Å². The van der Waals surface area contributed by atoms with Crippen LogP contribution in [0.5, 0.6) is 0 Å². The highest BCUT2D eigenvalue weighted by molar-refractivity contribution is 5.73. The summed E-state index contributed by atoms with van der Waals surface area (Å²) in [7, 11) is 0. The molecule has 0 bridgehead atoms. The van der Waals surface area contributed by atoms with Gasteiger partial charge in [0.2, 0.25) is 0 Å². The molecule has 1 aliphatic carbocycles. The average molecular weight is 435 g/mol. The Morgan fingerprint density at radius 1 is 0.667 bits per heavy atom. The van der Waals surface area contributed by atoms with Gasteiger partial charge in [0, 0.05) is 19.6 Å². The van der Waals surface area contributed by atoms with Crippen LogP contribution >= 0.6 is 0 Å². The number of carboxylic acid groups (broad SMARTS) is 5. The SMILES string of the molecule is O=C(O)CN(CCN(CC(=O)O)CC1(N(CC(=O)O)CC(=O)O)CC1O)CC(=O)O. The van der Waals surface area contributed by atoms with E-state index in [-0.39, 0.29) is 26.1 Å². The number of aliphatic carboxylic acids is 5. The minimum absolute atomic E-state index is 0.0254. The molecule has 170 valence electrons. The number of hydrogen-bond donors (Lipinski definition) is 6. The second-order valence-corrected chi connectivity index (χ2v) is 7.07. The third kappa shape index (κ3) is 8.28. The summed E-state index contributed by atoms with van der Waals surface area (Å²) in [6.45, 7) is -3.55. The molecule has 0 saturated heterocycles. The van der Waals surface area contributed by atoms with Gasteiger partial charge in [-0.05, 0) is 6.42 Å². The maximum atomic E-state index is 11.2. The van der Waals surface area contributed by atoms with E-state index in [0.29, 0.717) is 0 Å². The Kier molecular flexibility index (Phi) is 9.10. The van der Waals surface area contributed by atoms with E-state index in [2.05, 4.69) is 0 Å². The lowest BCUT2D eigenvalue weighted by Crippen LogP contribution is -2.54. The molecule has 0 aromatic heterocycles. The van der Waals surface area contributed by atoms with Crippen molar-refractivity contribution in [2.45, 2.75) is 18.1 Å². The van der Waals surface area contributed by atoms with Gasteiger partial charge in [0.1, 0.15) is 0 Å². The predicted molar refractivity (Wildman–Crippen MR) is 96.0 cm³/mol. The van der Waals surface area contributed by atoms with Crippen LogP contribution in [0.2, 0.25) is 0 Å². The second-order valence-electron chi connectivity index (χ2n) is 7.07. The summed E-state index contributed by atoms with van der Waals surface area (Å²) in [5, 5.41) is 55.1. The van der Waals surface area contributed by atoms with Gasteiger partial charge in [0.05, 0.1) is 44.4 Å². The van der Waals surface area contributed by atoms with E-state index in [1.807, 2.05) is 0 Å². The largest absolute Gasteiger partial charge is 0.480 e. The maximum Gasteiger partial charge on any atom is 0.317 e. The van der Waals surface area contributed by atoms with Crippen molar-refractivity contribution < 1.29 is 54.6 Å². The van der Waals surface area contributed by atoms with E-state index in [9.17, 15) is 29.1 Å². The van der Waals surface area contributed by atoms with E-state index in [1.165, 1.54) is 4.90 Å². The van der Waals surface area contributed by atoms with E-state index >= 15 is 0 Å². The summed E-state index contributed by atoms with van der Waals surface area (Å²) in [6, 6.07) is 0. The van der Waals surface area contributed by atoms with Gasteiger partial charge in [0.15, 0.2) is 0 Å². The minimum Gasteiger partial charge on any atom is -0.480 e. The Labute approximate surface area is 170 Å². The molecule has 0 aliphatic heterocycles. The first-order valence-corrected chi connectivity index (χ1v) is 8.82. The van der Waals surface area contributed by atoms with Crippen LogP contribution in [0.15, 0.2) is 0 Å². The molecule has 14 heteroatoms. The van der Waals surface area contributed by atoms with Crippen LogP contribution in [0.3, 0.4) is 0 Å². The van der Waals surface area contributed by atoms with Crippen molar-refractivity contribution in [2.75, 3.05) is 52.4 Å². The molecular weight excluding hydrogens is 410 g/mol. The van der Waals surface area contributed by atoms with Gasteiger partial charge in [-0.1, -0.05) is 0 Å². The third-order valence-corrected chi connectivity index (χ3v) is 4.60. The zero-order valence-electron chi connectivity index (χ0n) is 16.0. The first-order valence-electron chi connectivity index (χ1n) is 8.82. The van der Waals surface area contributed by atoms with Crippen molar-refractivity contribution in [2.24, 2.45) is 0 Å². The number of carboxylic acids is 5. The van der Waals surface area contributed by atoms with Gasteiger partial charge in [0.25, 0.3) is 0 Å². The Bertz CT molecular complexity index is 653. The van der Waals surface area contributed by atoms with E-state index < -0.39 is 74.2 Å². The van der Waals surface area contributed by atoms with Gasteiger partial charge in [-0.25, -0.2) is 0 Å². The summed E-state index contributed by atoms with van der Waals surface area (Å²) in [4.78, 5) is 58.6. The lowest BCUT2D eigenvalue weighted by molar-refractivity contribution is -0.145. The van der Waals surface area contributed by atoms with Crippen LogP contribution in [0.4, 0.5) is 0 Å². The van der Waals surface area contributed by atoms with Crippen molar-refractivity contribution in [3.63, 3.8) is 0 Å². The number of carbonyl (C=O) groups is 5. The highest BCUT2D eigenvalue weighted by atomic mass is 16.4. The number of aliphatic hydroxyl groups excluding tert-OH is 1. The Balaban J connectivity index is 2.96. The quantitative estimate of drug-likeness (QED) is 0.141. The van der Waals surface area contributed by atoms with E-state index in [4.69, 9.17) is 25.5 Å². The summed E-state index contributed by atoms with van der Waals surface area (Å²) >= 11 is 0. The summed E-state index contributed by atoms with van der Waals surface area (Å²) < 4.78 is 0. The zero-order chi connectivity index (χ0) is 23.1. The van der Waals surface area contributed by atoms with Gasteiger partial charge < -0.3 is 30.6 Å². The van der Waals surface area contributed by atoms with Crippen molar-refractivity contribution in [1.29, 1.82) is 0 Å². The number of aliphatic hydroxyl groups is 1. The van der Waals surface area contributed by atoms with Crippen LogP contribution in [-0.2, 0) is 24.0 Å². The molecule has 0 heterocycles. The van der Waals surface area contributed by atoms with Crippen molar-refractivity contribution in [1.82, 2.24) is 14.7 Å². The Morgan fingerprint density at radius 2 is 1.00 bits per heavy atom. The van der Waals surface area contributed by atoms with Crippen LogP contribution in [0.25, 0.3) is 0 Å². The molecule has 1 aliphatic rings. The van der Waals surface area contributed by atoms with E-state index in [1.54, 1.807) is 0 Å². The molecule has 1 fully saturated rings. The number of nitrogens with zero attached hydrogens (tertiary/aromatic N) is 3. The molecule has 1 rings (SSSR count). The highest BCUT2D eigenvalue weighted by Crippen LogP contribution is 2.42. The first-order chi connectivity index (χ1) is 13.9. The smallest absolute Gasteiger partial charge is 0.317 e. The van der Waals surface area contributed by atoms with Crippen molar-refractivity contribution >= 4 is 29.8 Å². The maximum absolute atomic E-state index is 11.2. The van der Waals surface area contributed by atoms with Crippen LogP contribution in [0, 0.1) is 0 Å². The summed E-state index contributed by atoms with van der Waals surface area (Å²) in [5.41, 5.74) is -1.29. The van der Waals surface area contributed by atoms with E-state index in [0.717, 1.165) is 9.80 Å². The molecule has 0 aromatic carbocycles. The second kappa shape index (κ2) is 10.8. The minimum atomic E-state index is -1.33. The molecule has 1 saturated carbocycles. The molecule has 2 unspecified atom stereocenters. The normalized spacial score (nSPS) is 20.5. The Hall–Kier alpha value is -2.81. The molecule has 6 N–H and O–H groups in total. The fourth-order valence-corrected chi connectivity index (χ4v) is 3.25. The fraction of sp³-hybridized carbons (Fsp3) is 0.688. The average Bonchev–Trinajstić information content (AvgIpc) is 3.20. The lowest BCUT2D eigenvalue weighted by Gasteiger charge is -2.34. The standard InChI is InChI=1S/C16H25N3O11/c20-10-3-16(10,19(7-14(27)28)8-15(29)30)9-18(6-13(25)26)2-1-17(4-11(21)22)5-12(23)24/h10,20H,1-9H2,(H,21,22)(H,23,24)(H,25,26)(H,27,28)(H,29,30). The molecule has 0 spiro atoms. The lowest BCUT2D eigenvalue weighted by atomic mass is 10.1. The summed E-state index contributed by atoms with van der Waals surface area (Å²) in [6.07, 6.45) is -1.06.